The second-order valence-electron chi connectivity index (χ2n) is 15.8. The summed E-state index contributed by atoms with van der Waals surface area (Å²) in [6.45, 7) is 2.22. The molecule has 0 aliphatic rings. The van der Waals surface area contributed by atoms with Crippen molar-refractivity contribution in [2.24, 2.45) is 0 Å². The highest BCUT2D eigenvalue weighted by Gasteiger charge is 2.27. The van der Waals surface area contributed by atoms with Gasteiger partial charge in [-0.3, -0.25) is 18.6 Å². The Morgan fingerprint density at radius 3 is 1.37 bits per heavy atom. The number of phosphoric acid groups is 1. The summed E-state index contributed by atoms with van der Waals surface area (Å²) in [7, 11) is -4.64. The number of aliphatic hydroxyl groups is 2. The summed E-state index contributed by atoms with van der Waals surface area (Å²) in [5.74, 6) is -0.989. The third-order valence-electron chi connectivity index (χ3n) is 9.94. The smallest absolute Gasteiger partial charge is 0.462 e. The van der Waals surface area contributed by atoms with Gasteiger partial charge in [0.05, 0.1) is 19.8 Å². The summed E-state index contributed by atoms with van der Waals surface area (Å²) >= 11 is 0. The molecule has 0 aliphatic heterocycles. The van der Waals surface area contributed by atoms with Gasteiger partial charge in [0.2, 0.25) is 0 Å². The highest BCUT2D eigenvalue weighted by molar-refractivity contribution is 7.47. The molecule has 0 rings (SSSR count). The van der Waals surface area contributed by atoms with Gasteiger partial charge in [-0.15, -0.1) is 0 Å². The number of esters is 2. The number of ether oxygens (including phenoxy) is 2. The molecule has 0 aromatic carbocycles. The molecule has 0 radical (unpaired) electrons. The minimum Gasteiger partial charge on any atom is -0.462 e. The Bertz CT molecular complexity index is 1180. The van der Waals surface area contributed by atoms with E-state index in [-0.39, 0.29) is 19.4 Å². The van der Waals surface area contributed by atoms with Gasteiger partial charge in [0.1, 0.15) is 12.7 Å². The number of carbonyl (C=O) groups excluding carboxylic acids is 2. The minimum absolute atomic E-state index is 0.105. The number of unbranched alkanes of at least 4 members (excludes halogenated alkanes) is 20. The van der Waals surface area contributed by atoms with Gasteiger partial charge in [-0.1, -0.05) is 197 Å². The lowest BCUT2D eigenvalue weighted by molar-refractivity contribution is -0.161. The van der Waals surface area contributed by atoms with Crippen LogP contribution in [0.4, 0.5) is 0 Å². The molecule has 11 heteroatoms. The zero-order chi connectivity index (χ0) is 44.0. The Balaban J connectivity index is 4.29. The maximum atomic E-state index is 12.6. The van der Waals surface area contributed by atoms with Crippen LogP contribution in [0.5, 0.6) is 0 Å². The molecule has 0 spiro atoms. The molecule has 1 unspecified atom stereocenters. The lowest BCUT2D eigenvalue weighted by Crippen LogP contribution is -2.29. The molecular formula is C49H87O10P. The molecule has 3 N–H and O–H groups in total. The summed E-state index contributed by atoms with van der Waals surface area (Å²) in [6.07, 6.45) is 50.6. The number of aliphatic hydroxyl groups excluding tert-OH is 2. The van der Waals surface area contributed by atoms with Crippen molar-refractivity contribution in [2.75, 3.05) is 26.4 Å². The number of allylic oxidation sites excluding steroid dienone is 10. The van der Waals surface area contributed by atoms with E-state index in [9.17, 15) is 24.2 Å². The molecule has 3 atom stereocenters. The topological polar surface area (TPSA) is 149 Å². The minimum atomic E-state index is -4.64. The lowest BCUT2D eigenvalue weighted by atomic mass is 10.0. The average molecular weight is 867 g/mol. The van der Waals surface area contributed by atoms with Crippen LogP contribution in [-0.4, -0.2) is 65.7 Å². The third kappa shape index (κ3) is 43.7. The number of rotatable bonds is 44. The van der Waals surface area contributed by atoms with Gasteiger partial charge in [-0.05, 0) is 51.4 Å². The van der Waals surface area contributed by atoms with Crippen molar-refractivity contribution in [3.8, 4) is 0 Å². The molecule has 0 heterocycles. The summed E-state index contributed by atoms with van der Waals surface area (Å²) in [4.78, 5) is 35.1. The van der Waals surface area contributed by atoms with Crippen LogP contribution < -0.4 is 0 Å². The summed E-state index contributed by atoms with van der Waals surface area (Å²) in [5, 5.41) is 18.4. The fraction of sp³-hybridized carbons (Fsp3) is 0.755. The summed E-state index contributed by atoms with van der Waals surface area (Å²) in [5.41, 5.74) is 0. The van der Waals surface area contributed by atoms with E-state index in [0.717, 1.165) is 51.4 Å². The maximum Gasteiger partial charge on any atom is 0.472 e. The van der Waals surface area contributed by atoms with Gasteiger partial charge in [-0.25, -0.2) is 4.57 Å². The van der Waals surface area contributed by atoms with Crippen LogP contribution in [0.3, 0.4) is 0 Å². The van der Waals surface area contributed by atoms with E-state index in [1.807, 2.05) is 12.2 Å². The van der Waals surface area contributed by atoms with Gasteiger partial charge in [-0.2, -0.15) is 0 Å². The van der Waals surface area contributed by atoms with Crippen molar-refractivity contribution in [1.29, 1.82) is 0 Å². The zero-order valence-corrected chi connectivity index (χ0v) is 38.8. The normalized spacial score (nSPS) is 14.3. The molecule has 0 bridgehead atoms. The van der Waals surface area contributed by atoms with Crippen molar-refractivity contribution in [3.63, 3.8) is 0 Å². The SMILES string of the molecule is CC/C=C/C/C=C/C/C=C/C/C=C/C/C=C/CCCC(=O)O[C@H](COC(=O)CCCCCCCCCCCCCCCCCCCCCC)COP(=O)(O)OC[C@@H](O)CO. The van der Waals surface area contributed by atoms with Gasteiger partial charge in [0, 0.05) is 12.8 Å². The predicted octanol–water partition coefficient (Wildman–Crippen LogP) is 13.1. The molecule has 0 saturated carbocycles. The zero-order valence-electron chi connectivity index (χ0n) is 37.9. The van der Waals surface area contributed by atoms with E-state index >= 15 is 0 Å². The molecule has 0 aromatic rings. The maximum absolute atomic E-state index is 12.6. The van der Waals surface area contributed by atoms with Gasteiger partial charge < -0.3 is 24.6 Å². The monoisotopic (exact) mass is 867 g/mol. The highest BCUT2D eigenvalue weighted by Crippen LogP contribution is 2.43. The molecule has 0 aromatic heterocycles. The summed E-state index contributed by atoms with van der Waals surface area (Å²) < 4.78 is 32.7. The van der Waals surface area contributed by atoms with Crippen molar-refractivity contribution in [3.05, 3.63) is 60.8 Å². The quantitative estimate of drug-likeness (QED) is 0.0234. The van der Waals surface area contributed by atoms with Crippen molar-refractivity contribution < 1.29 is 47.8 Å². The molecule has 60 heavy (non-hydrogen) atoms. The second kappa shape index (κ2) is 44.7. The van der Waals surface area contributed by atoms with Gasteiger partial charge >= 0.3 is 19.8 Å². The van der Waals surface area contributed by atoms with E-state index in [1.165, 1.54) is 103 Å². The van der Waals surface area contributed by atoms with Gasteiger partial charge in [0.25, 0.3) is 0 Å². The fourth-order valence-corrected chi connectivity index (χ4v) is 7.11. The first-order valence-electron chi connectivity index (χ1n) is 23.7. The molecule has 348 valence electrons. The van der Waals surface area contributed by atoms with Crippen LogP contribution >= 0.6 is 7.82 Å². The van der Waals surface area contributed by atoms with E-state index in [2.05, 4.69) is 62.5 Å². The molecule has 0 amide bonds. The molecule has 0 fully saturated rings. The number of hydrogen-bond acceptors (Lipinski definition) is 9. The van der Waals surface area contributed by atoms with E-state index in [4.69, 9.17) is 23.6 Å². The Kier molecular flexibility index (Phi) is 43.0. The molecule has 10 nitrogen and oxygen atoms in total. The van der Waals surface area contributed by atoms with Crippen LogP contribution in [0.25, 0.3) is 0 Å². The van der Waals surface area contributed by atoms with Gasteiger partial charge in [0.15, 0.2) is 6.10 Å². The molecule has 0 saturated heterocycles. The highest BCUT2D eigenvalue weighted by atomic mass is 31.2. The molecule has 0 aliphatic carbocycles. The van der Waals surface area contributed by atoms with Crippen LogP contribution in [0.1, 0.15) is 200 Å². The van der Waals surface area contributed by atoms with Crippen molar-refractivity contribution in [2.45, 2.75) is 212 Å². The van der Waals surface area contributed by atoms with E-state index in [1.54, 1.807) is 0 Å². The fourth-order valence-electron chi connectivity index (χ4n) is 6.32. The largest absolute Gasteiger partial charge is 0.472 e. The van der Waals surface area contributed by atoms with Crippen LogP contribution in [0, 0.1) is 0 Å². The average Bonchev–Trinajstić information content (AvgIpc) is 3.24. The Labute approximate surface area is 366 Å². The van der Waals surface area contributed by atoms with E-state index in [0.29, 0.717) is 19.3 Å². The Hall–Kier alpha value is -2.33. The first-order chi connectivity index (χ1) is 29.2. The standard InChI is InChI=1S/C49H87O10P/c1-3-5-7-9-11-13-15-17-19-21-22-23-25-26-28-30-32-34-36-38-40-48(52)56-44-47(45-58-60(54,55)57-43-46(51)42-50)59-49(53)41-39-37-35-33-31-29-27-24-20-18-16-14-12-10-8-6-4-2/h6,8,12,14,18,20,27,29,33,35,46-47,50-51H,3-5,7,9-11,13,15-17,19,21-26,28,30-32,34,36-45H2,1-2H3,(H,54,55)/b8-6+,14-12+,20-18+,29-27+,35-33+/t46-,47+/m0/s1. The second-order valence-corrected chi connectivity index (χ2v) is 17.2. The Morgan fingerprint density at radius 1 is 0.517 bits per heavy atom. The lowest BCUT2D eigenvalue weighted by Gasteiger charge is -2.20. The molecular weight excluding hydrogens is 780 g/mol. The van der Waals surface area contributed by atoms with Crippen molar-refractivity contribution in [1.82, 2.24) is 0 Å². The first kappa shape index (κ1) is 57.7. The Morgan fingerprint density at radius 2 is 0.917 bits per heavy atom. The van der Waals surface area contributed by atoms with E-state index < -0.39 is 51.8 Å². The van der Waals surface area contributed by atoms with Crippen LogP contribution in [0.15, 0.2) is 60.8 Å². The number of carbonyl (C=O) groups is 2. The number of phosphoric ester groups is 1. The third-order valence-corrected chi connectivity index (χ3v) is 10.9. The van der Waals surface area contributed by atoms with Crippen molar-refractivity contribution >= 4 is 19.8 Å². The first-order valence-corrected chi connectivity index (χ1v) is 25.2. The van der Waals surface area contributed by atoms with Crippen LogP contribution in [0.2, 0.25) is 0 Å². The van der Waals surface area contributed by atoms with Crippen LogP contribution in [-0.2, 0) is 32.7 Å². The number of hydrogen-bond donors (Lipinski definition) is 3. The summed E-state index contributed by atoms with van der Waals surface area (Å²) in [6, 6.07) is 0. The predicted molar refractivity (Wildman–Crippen MR) is 247 cm³/mol.